The van der Waals surface area contributed by atoms with Crippen LogP contribution >= 0.6 is 0 Å². The average Bonchev–Trinajstić information content (AvgIpc) is 3.15. The number of nitrogens with one attached hydrogen (secondary N) is 1. The zero-order chi connectivity index (χ0) is 14.8. The highest BCUT2D eigenvalue weighted by molar-refractivity contribution is 5.78. The van der Waals surface area contributed by atoms with Crippen LogP contribution < -0.4 is 5.32 Å². The first kappa shape index (κ1) is 15.0. The Morgan fingerprint density at radius 3 is 2.85 bits per heavy atom. The summed E-state index contributed by atoms with van der Waals surface area (Å²) in [4.78, 5) is 14.1. The minimum atomic E-state index is -1.10. The second-order valence-electron chi connectivity index (χ2n) is 5.75. The van der Waals surface area contributed by atoms with Gasteiger partial charge in [-0.05, 0) is 26.3 Å². The highest BCUT2D eigenvalue weighted by atomic mass is 16.3. The molecule has 0 saturated heterocycles. The molecule has 0 aromatic carbocycles. The molecular formula is C14H24N4O2. The Labute approximate surface area is 119 Å². The molecule has 0 bridgehead atoms. The SMILES string of the molecule is CCN(CC(=O)NCC(C)(O)c1cnn(C)c1)C1CC1. The number of hydrogen-bond acceptors (Lipinski definition) is 4. The van der Waals surface area contributed by atoms with Gasteiger partial charge in [-0.25, -0.2) is 0 Å². The number of carbonyl (C=O) groups excluding carboxylic acids is 1. The predicted molar refractivity (Wildman–Crippen MR) is 76.1 cm³/mol. The van der Waals surface area contributed by atoms with E-state index < -0.39 is 5.60 Å². The monoisotopic (exact) mass is 280 g/mol. The summed E-state index contributed by atoms with van der Waals surface area (Å²) < 4.78 is 1.64. The lowest BCUT2D eigenvalue weighted by molar-refractivity contribution is -0.123. The molecule has 0 radical (unpaired) electrons. The van der Waals surface area contributed by atoms with E-state index in [-0.39, 0.29) is 12.5 Å². The molecule has 6 heteroatoms. The summed E-state index contributed by atoms with van der Waals surface area (Å²) in [5, 5.41) is 17.2. The van der Waals surface area contributed by atoms with Gasteiger partial charge in [-0.3, -0.25) is 14.4 Å². The molecule has 1 unspecified atom stereocenters. The fraction of sp³-hybridized carbons (Fsp3) is 0.714. The fourth-order valence-corrected chi connectivity index (χ4v) is 2.25. The summed E-state index contributed by atoms with van der Waals surface area (Å²) in [7, 11) is 1.80. The molecular weight excluding hydrogens is 256 g/mol. The third-order valence-corrected chi connectivity index (χ3v) is 3.77. The predicted octanol–water partition coefficient (Wildman–Crippen LogP) is 0.228. The van der Waals surface area contributed by atoms with Gasteiger partial charge in [0.2, 0.25) is 5.91 Å². The normalized spacial score (nSPS) is 18.1. The van der Waals surface area contributed by atoms with Gasteiger partial charge in [0.25, 0.3) is 0 Å². The van der Waals surface area contributed by atoms with Crippen molar-refractivity contribution >= 4 is 5.91 Å². The van der Waals surface area contributed by atoms with Crippen LogP contribution in [0, 0.1) is 0 Å². The molecule has 1 aromatic rings. The zero-order valence-electron chi connectivity index (χ0n) is 12.5. The number of aliphatic hydroxyl groups is 1. The van der Waals surface area contributed by atoms with Gasteiger partial charge >= 0.3 is 0 Å². The molecule has 6 nitrogen and oxygen atoms in total. The minimum absolute atomic E-state index is 0.0390. The van der Waals surface area contributed by atoms with E-state index in [1.54, 1.807) is 31.0 Å². The Bertz CT molecular complexity index is 465. The molecule has 0 aliphatic heterocycles. The second kappa shape index (κ2) is 5.93. The average molecular weight is 280 g/mol. The molecule has 0 spiro atoms. The standard InChI is InChI=1S/C14H24N4O2/c1-4-18(12-5-6-12)9-13(19)15-10-14(2,20)11-7-16-17(3)8-11/h7-8,12,20H,4-6,9-10H2,1-3H3,(H,15,19). The molecule has 20 heavy (non-hydrogen) atoms. The van der Waals surface area contributed by atoms with E-state index in [0.717, 1.165) is 6.54 Å². The van der Waals surface area contributed by atoms with Crippen molar-refractivity contribution in [3.63, 3.8) is 0 Å². The van der Waals surface area contributed by atoms with Crippen LogP contribution in [0.25, 0.3) is 0 Å². The first-order chi connectivity index (χ1) is 9.42. The highest BCUT2D eigenvalue weighted by Crippen LogP contribution is 2.26. The molecule has 1 fully saturated rings. The molecule has 112 valence electrons. The maximum Gasteiger partial charge on any atom is 0.234 e. The van der Waals surface area contributed by atoms with Crippen LogP contribution in [0.15, 0.2) is 12.4 Å². The second-order valence-corrected chi connectivity index (χ2v) is 5.75. The van der Waals surface area contributed by atoms with Gasteiger partial charge in [0.15, 0.2) is 0 Å². The van der Waals surface area contributed by atoms with Gasteiger partial charge in [0.1, 0.15) is 5.60 Å². The summed E-state index contributed by atoms with van der Waals surface area (Å²) >= 11 is 0. The van der Waals surface area contributed by atoms with Gasteiger partial charge in [0.05, 0.1) is 19.3 Å². The summed E-state index contributed by atoms with van der Waals surface area (Å²) in [5.41, 5.74) is -0.393. The quantitative estimate of drug-likeness (QED) is 0.750. The molecule has 1 aliphatic rings. The summed E-state index contributed by atoms with van der Waals surface area (Å²) in [5.74, 6) is -0.0390. The Balaban J connectivity index is 1.82. The van der Waals surface area contributed by atoms with Crippen LogP contribution in [0.2, 0.25) is 0 Å². The summed E-state index contributed by atoms with van der Waals surface area (Å²) in [6, 6.07) is 0.574. The molecule has 1 aromatic heterocycles. The lowest BCUT2D eigenvalue weighted by Gasteiger charge is -2.24. The van der Waals surface area contributed by atoms with Crippen LogP contribution in [-0.2, 0) is 17.4 Å². The van der Waals surface area contributed by atoms with Crippen LogP contribution in [0.3, 0.4) is 0 Å². The lowest BCUT2D eigenvalue weighted by atomic mass is 10.00. The Hall–Kier alpha value is -1.40. The van der Waals surface area contributed by atoms with Crippen LogP contribution in [0.4, 0.5) is 0 Å². The van der Waals surface area contributed by atoms with Crippen LogP contribution in [0.1, 0.15) is 32.3 Å². The van der Waals surface area contributed by atoms with Gasteiger partial charge in [0, 0.05) is 24.8 Å². The smallest absolute Gasteiger partial charge is 0.234 e. The molecule has 1 heterocycles. The largest absolute Gasteiger partial charge is 0.383 e. The fourth-order valence-electron chi connectivity index (χ4n) is 2.25. The van der Waals surface area contributed by atoms with Crippen molar-refractivity contribution in [1.29, 1.82) is 0 Å². The number of nitrogens with zero attached hydrogens (tertiary/aromatic N) is 3. The van der Waals surface area contributed by atoms with E-state index in [2.05, 4.69) is 22.2 Å². The van der Waals surface area contributed by atoms with E-state index in [1.165, 1.54) is 12.8 Å². The number of amides is 1. The third-order valence-electron chi connectivity index (χ3n) is 3.77. The van der Waals surface area contributed by atoms with Crippen molar-refractivity contribution in [1.82, 2.24) is 20.0 Å². The Morgan fingerprint density at radius 2 is 2.35 bits per heavy atom. The lowest BCUT2D eigenvalue weighted by Crippen LogP contribution is -2.43. The highest BCUT2D eigenvalue weighted by Gasteiger charge is 2.30. The third kappa shape index (κ3) is 3.80. The van der Waals surface area contributed by atoms with Gasteiger partial charge in [-0.1, -0.05) is 6.92 Å². The van der Waals surface area contributed by atoms with E-state index in [4.69, 9.17) is 0 Å². The van der Waals surface area contributed by atoms with Crippen molar-refractivity contribution in [2.45, 2.75) is 38.3 Å². The maximum absolute atomic E-state index is 11.9. The minimum Gasteiger partial charge on any atom is -0.383 e. The van der Waals surface area contributed by atoms with Gasteiger partial charge in [-0.15, -0.1) is 0 Å². The molecule has 1 amide bonds. The van der Waals surface area contributed by atoms with E-state index >= 15 is 0 Å². The Kier molecular flexibility index (Phi) is 4.45. The Morgan fingerprint density at radius 1 is 1.65 bits per heavy atom. The first-order valence-electron chi connectivity index (χ1n) is 7.14. The van der Waals surface area contributed by atoms with Crippen LogP contribution in [-0.4, -0.2) is 51.4 Å². The van der Waals surface area contributed by atoms with E-state index in [0.29, 0.717) is 18.2 Å². The van der Waals surface area contributed by atoms with E-state index in [1.807, 2.05) is 0 Å². The number of hydrogen-bond donors (Lipinski definition) is 2. The number of carbonyl (C=O) groups is 1. The van der Waals surface area contributed by atoms with Crippen molar-refractivity contribution in [2.75, 3.05) is 19.6 Å². The van der Waals surface area contributed by atoms with Crippen molar-refractivity contribution in [2.24, 2.45) is 7.05 Å². The van der Waals surface area contributed by atoms with E-state index in [9.17, 15) is 9.90 Å². The first-order valence-corrected chi connectivity index (χ1v) is 7.14. The number of aromatic nitrogens is 2. The van der Waals surface area contributed by atoms with Crippen molar-refractivity contribution in [3.8, 4) is 0 Å². The molecule has 2 N–H and O–H groups in total. The number of aryl methyl sites for hydroxylation is 1. The van der Waals surface area contributed by atoms with Crippen molar-refractivity contribution in [3.05, 3.63) is 18.0 Å². The van der Waals surface area contributed by atoms with Crippen molar-refractivity contribution < 1.29 is 9.90 Å². The number of likely N-dealkylation sites (N-methyl/N-ethyl adjacent to an activating group) is 1. The molecule has 2 rings (SSSR count). The summed E-state index contributed by atoms with van der Waals surface area (Å²) in [6.45, 7) is 5.24. The topological polar surface area (TPSA) is 70.4 Å². The van der Waals surface area contributed by atoms with Crippen LogP contribution in [0.5, 0.6) is 0 Å². The molecule has 1 aliphatic carbocycles. The zero-order valence-corrected chi connectivity index (χ0v) is 12.5. The van der Waals surface area contributed by atoms with Gasteiger partial charge < -0.3 is 10.4 Å². The summed E-state index contributed by atoms with van der Waals surface area (Å²) in [6.07, 6.45) is 5.76. The number of rotatable bonds is 7. The van der Waals surface area contributed by atoms with Gasteiger partial charge in [-0.2, -0.15) is 5.10 Å². The maximum atomic E-state index is 11.9. The molecule has 1 atom stereocenters. The molecule has 1 saturated carbocycles.